The van der Waals surface area contributed by atoms with Gasteiger partial charge in [0.25, 0.3) is 5.91 Å². The summed E-state index contributed by atoms with van der Waals surface area (Å²) in [6.07, 6.45) is 0. The van der Waals surface area contributed by atoms with E-state index < -0.39 is 0 Å². The van der Waals surface area contributed by atoms with Gasteiger partial charge in [0, 0.05) is 39.3 Å². The summed E-state index contributed by atoms with van der Waals surface area (Å²) in [5, 5.41) is 7.50. The molecular formula is C14H22N4O2S. The van der Waals surface area contributed by atoms with Gasteiger partial charge in [0.15, 0.2) is 0 Å². The van der Waals surface area contributed by atoms with Crippen LogP contribution in [-0.4, -0.2) is 67.6 Å². The van der Waals surface area contributed by atoms with Crippen molar-refractivity contribution >= 4 is 23.3 Å². The van der Waals surface area contributed by atoms with Crippen LogP contribution in [0, 0.1) is 0 Å². The van der Waals surface area contributed by atoms with Crippen molar-refractivity contribution in [2.75, 3.05) is 45.8 Å². The molecule has 1 aliphatic heterocycles. The molecule has 1 saturated heterocycles. The van der Waals surface area contributed by atoms with Gasteiger partial charge in [0.1, 0.15) is 0 Å². The Kier molecular flexibility index (Phi) is 6.01. The number of carbonyl (C=O) groups is 2. The zero-order valence-corrected chi connectivity index (χ0v) is 13.1. The van der Waals surface area contributed by atoms with Gasteiger partial charge in [-0.2, -0.15) is 0 Å². The topological polar surface area (TPSA) is 64.7 Å². The monoisotopic (exact) mass is 310 g/mol. The maximum absolute atomic E-state index is 12.0. The standard InChI is InChI=1S/C14H22N4O2S/c1-2-17-7-9-18(10-8-17)14(20)16-6-5-15-13(19)12-4-3-11-21-12/h3-4,11H,2,5-10H2,1H3,(H,15,19)(H,16,20). The van der Waals surface area contributed by atoms with Gasteiger partial charge in [-0.3, -0.25) is 4.79 Å². The number of nitrogens with one attached hydrogen (secondary N) is 2. The number of likely N-dealkylation sites (N-methyl/N-ethyl adjacent to an activating group) is 1. The summed E-state index contributed by atoms with van der Waals surface area (Å²) in [7, 11) is 0. The van der Waals surface area contributed by atoms with Crippen molar-refractivity contribution < 1.29 is 9.59 Å². The second-order valence-electron chi connectivity index (χ2n) is 4.89. The van der Waals surface area contributed by atoms with Crippen LogP contribution in [0.1, 0.15) is 16.6 Å². The molecule has 0 spiro atoms. The van der Waals surface area contributed by atoms with E-state index in [0.29, 0.717) is 18.0 Å². The molecule has 1 aromatic rings. The van der Waals surface area contributed by atoms with Crippen LogP contribution >= 0.6 is 11.3 Å². The maximum atomic E-state index is 12.0. The number of carbonyl (C=O) groups excluding carboxylic acids is 2. The van der Waals surface area contributed by atoms with E-state index in [4.69, 9.17) is 0 Å². The first-order chi connectivity index (χ1) is 10.2. The molecule has 1 aliphatic rings. The molecule has 0 bridgehead atoms. The summed E-state index contributed by atoms with van der Waals surface area (Å²) >= 11 is 1.41. The molecule has 2 heterocycles. The van der Waals surface area contributed by atoms with Crippen LogP contribution in [0.15, 0.2) is 17.5 Å². The van der Waals surface area contributed by atoms with Crippen LogP contribution in [0.25, 0.3) is 0 Å². The fraction of sp³-hybridized carbons (Fsp3) is 0.571. The molecule has 0 saturated carbocycles. The third-order valence-electron chi connectivity index (χ3n) is 3.54. The third kappa shape index (κ3) is 4.71. The van der Waals surface area contributed by atoms with Crippen LogP contribution in [0.3, 0.4) is 0 Å². The quantitative estimate of drug-likeness (QED) is 0.792. The second-order valence-corrected chi connectivity index (χ2v) is 5.83. The number of thiophene rings is 1. The number of hydrogen-bond acceptors (Lipinski definition) is 4. The fourth-order valence-electron chi connectivity index (χ4n) is 2.22. The number of amides is 3. The number of piperazine rings is 1. The van der Waals surface area contributed by atoms with Crippen molar-refractivity contribution in [1.29, 1.82) is 0 Å². The van der Waals surface area contributed by atoms with Gasteiger partial charge >= 0.3 is 6.03 Å². The molecule has 3 amide bonds. The average molecular weight is 310 g/mol. The highest BCUT2D eigenvalue weighted by Crippen LogP contribution is 2.07. The summed E-state index contributed by atoms with van der Waals surface area (Å²) < 4.78 is 0. The molecule has 0 atom stereocenters. The first-order valence-electron chi connectivity index (χ1n) is 7.27. The van der Waals surface area contributed by atoms with Crippen molar-refractivity contribution in [1.82, 2.24) is 20.4 Å². The van der Waals surface area contributed by atoms with Crippen molar-refractivity contribution in [2.45, 2.75) is 6.92 Å². The van der Waals surface area contributed by atoms with E-state index in [9.17, 15) is 9.59 Å². The first-order valence-corrected chi connectivity index (χ1v) is 8.15. The summed E-state index contributed by atoms with van der Waals surface area (Å²) in [6, 6.07) is 3.58. The van der Waals surface area contributed by atoms with E-state index in [2.05, 4.69) is 22.5 Å². The van der Waals surface area contributed by atoms with Gasteiger partial charge in [0.05, 0.1) is 4.88 Å². The van der Waals surface area contributed by atoms with Gasteiger partial charge in [0.2, 0.25) is 0 Å². The molecule has 0 aliphatic carbocycles. The molecule has 0 aromatic carbocycles. The van der Waals surface area contributed by atoms with E-state index in [1.165, 1.54) is 11.3 Å². The number of hydrogen-bond donors (Lipinski definition) is 2. The van der Waals surface area contributed by atoms with Gasteiger partial charge < -0.3 is 20.4 Å². The Hall–Kier alpha value is -1.60. The number of nitrogens with zero attached hydrogens (tertiary/aromatic N) is 2. The zero-order chi connectivity index (χ0) is 15.1. The Labute approximate surface area is 129 Å². The Balaban J connectivity index is 1.60. The predicted octanol–water partition coefficient (Wildman–Crippen LogP) is 0.825. The van der Waals surface area contributed by atoms with E-state index in [1.54, 1.807) is 6.07 Å². The van der Waals surface area contributed by atoms with Crippen molar-refractivity contribution in [3.05, 3.63) is 22.4 Å². The van der Waals surface area contributed by atoms with E-state index in [0.717, 1.165) is 32.7 Å². The fourth-order valence-corrected chi connectivity index (χ4v) is 2.86. The van der Waals surface area contributed by atoms with Gasteiger partial charge in [-0.25, -0.2) is 4.79 Å². The van der Waals surface area contributed by atoms with Crippen LogP contribution in [0.2, 0.25) is 0 Å². The lowest BCUT2D eigenvalue weighted by Gasteiger charge is -2.34. The first kappa shape index (κ1) is 15.8. The minimum absolute atomic E-state index is 0.0453. The summed E-state index contributed by atoms with van der Waals surface area (Å²) in [4.78, 5) is 28.5. The molecule has 6 nitrogen and oxygen atoms in total. The molecule has 7 heteroatoms. The van der Waals surface area contributed by atoms with Gasteiger partial charge in [-0.15, -0.1) is 11.3 Å². The van der Waals surface area contributed by atoms with E-state index in [1.807, 2.05) is 16.3 Å². The molecule has 0 unspecified atom stereocenters. The summed E-state index contributed by atoms with van der Waals surface area (Å²) in [6.45, 7) is 7.44. The lowest BCUT2D eigenvalue weighted by Crippen LogP contribution is -2.52. The smallest absolute Gasteiger partial charge is 0.317 e. The SMILES string of the molecule is CCN1CCN(C(=O)NCCNC(=O)c2cccs2)CC1. The van der Waals surface area contributed by atoms with Crippen LogP contribution < -0.4 is 10.6 Å². The molecule has 1 aromatic heterocycles. The Morgan fingerprint density at radius 2 is 1.90 bits per heavy atom. The van der Waals surface area contributed by atoms with Crippen molar-refractivity contribution in [3.8, 4) is 0 Å². The Morgan fingerprint density at radius 1 is 1.19 bits per heavy atom. The highest BCUT2D eigenvalue weighted by molar-refractivity contribution is 7.12. The maximum Gasteiger partial charge on any atom is 0.317 e. The Morgan fingerprint density at radius 3 is 2.52 bits per heavy atom. The molecule has 0 radical (unpaired) electrons. The van der Waals surface area contributed by atoms with E-state index >= 15 is 0 Å². The van der Waals surface area contributed by atoms with Gasteiger partial charge in [-0.1, -0.05) is 13.0 Å². The number of rotatable bonds is 5. The summed E-state index contributed by atoms with van der Waals surface area (Å²) in [5.41, 5.74) is 0. The molecule has 2 rings (SSSR count). The molecule has 21 heavy (non-hydrogen) atoms. The minimum Gasteiger partial charge on any atom is -0.350 e. The largest absolute Gasteiger partial charge is 0.350 e. The highest BCUT2D eigenvalue weighted by Gasteiger charge is 2.19. The van der Waals surface area contributed by atoms with Crippen LogP contribution in [0.4, 0.5) is 4.79 Å². The number of urea groups is 1. The van der Waals surface area contributed by atoms with Crippen LogP contribution in [-0.2, 0) is 0 Å². The molecular weight excluding hydrogens is 288 g/mol. The van der Waals surface area contributed by atoms with Crippen molar-refractivity contribution in [2.24, 2.45) is 0 Å². The Bertz CT molecular complexity index is 456. The molecule has 1 fully saturated rings. The molecule has 116 valence electrons. The normalized spacial score (nSPS) is 15.8. The van der Waals surface area contributed by atoms with Crippen LogP contribution in [0.5, 0.6) is 0 Å². The summed E-state index contributed by atoms with van der Waals surface area (Å²) in [5.74, 6) is -0.0872. The highest BCUT2D eigenvalue weighted by atomic mass is 32.1. The zero-order valence-electron chi connectivity index (χ0n) is 12.3. The lowest BCUT2D eigenvalue weighted by molar-refractivity contribution is 0.0957. The third-order valence-corrected chi connectivity index (χ3v) is 4.41. The lowest BCUT2D eigenvalue weighted by atomic mass is 10.3. The average Bonchev–Trinajstić information content (AvgIpc) is 3.05. The predicted molar refractivity (Wildman–Crippen MR) is 83.7 cm³/mol. The van der Waals surface area contributed by atoms with E-state index in [-0.39, 0.29) is 11.9 Å². The molecule has 2 N–H and O–H groups in total. The minimum atomic E-state index is -0.0872. The second kappa shape index (κ2) is 7.99. The van der Waals surface area contributed by atoms with Gasteiger partial charge in [-0.05, 0) is 18.0 Å². The van der Waals surface area contributed by atoms with Crippen molar-refractivity contribution in [3.63, 3.8) is 0 Å².